The van der Waals surface area contributed by atoms with Crippen LogP contribution in [0.1, 0.15) is 6.92 Å². The Morgan fingerprint density at radius 3 is 2.00 bits per heavy atom. The summed E-state index contributed by atoms with van der Waals surface area (Å²) in [7, 11) is 0. The Kier molecular flexibility index (Phi) is 2.08. The van der Waals surface area contributed by atoms with E-state index < -0.39 is 12.5 Å². The Morgan fingerprint density at radius 2 is 2.00 bits per heavy atom. The lowest BCUT2D eigenvalue weighted by atomic mass is 10.4. The van der Waals surface area contributed by atoms with Crippen molar-refractivity contribution in [3.05, 3.63) is 0 Å². The van der Waals surface area contributed by atoms with Gasteiger partial charge in [0.05, 0.1) is 0 Å². The van der Waals surface area contributed by atoms with Crippen LogP contribution in [0.2, 0.25) is 0 Å². The fraction of sp³-hybridized carbons (Fsp3) is 1.00. The molecule has 0 N–H and O–H groups in total. The molecular formula is C3H5F3O. The van der Waals surface area contributed by atoms with Crippen molar-refractivity contribution < 1.29 is 18.2 Å². The zero-order chi connectivity index (χ0) is 5.91. The molecule has 1 nitrogen and oxygen atoms in total. The molecule has 0 saturated heterocycles. The first kappa shape index (κ1) is 6.75. The van der Waals surface area contributed by atoms with E-state index in [4.69, 9.17) is 0 Å². The summed E-state index contributed by atoms with van der Waals surface area (Å²) < 4.78 is 33.2. The fourth-order valence-corrected chi connectivity index (χ4v) is 0.0958. The zero-order valence-electron chi connectivity index (χ0n) is 3.75. The van der Waals surface area contributed by atoms with E-state index in [1.807, 2.05) is 0 Å². The molecule has 4 heteroatoms. The van der Waals surface area contributed by atoms with Gasteiger partial charge in [0, 0.05) is 6.92 Å². The van der Waals surface area contributed by atoms with Crippen molar-refractivity contribution in [2.75, 3.05) is 6.61 Å². The van der Waals surface area contributed by atoms with Crippen LogP contribution in [0.15, 0.2) is 0 Å². The second-order valence-electron chi connectivity index (χ2n) is 1.32. The van der Waals surface area contributed by atoms with Crippen LogP contribution in [0.4, 0.5) is 13.3 Å². The zero-order valence-corrected chi connectivity index (χ0v) is 3.75. The third-order valence-electron chi connectivity index (χ3n) is 0.308. The molecule has 0 atom stereocenters. The van der Waals surface area contributed by atoms with Gasteiger partial charge in [0.25, 0.3) is 5.92 Å². The molecule has 0 aliphatic carbocycles. The largest absolute Gasteiger partial charge is 0.271 e. The average molecular weight is 114 g/mol. The molecule has 0 aliphatic heterocycles. The summed E-state index contributed by atoms with van der Waals surface area (Å²) >= 11 is 0. The number of rotatable bonds is 2. The van der Waals surface area contributed by atoms with Crippen molar-refractivity contribution in [3.8, 4) is 0 Å². The highest BCUT2D eigenvalue weighted by atomic mass is 19.3. The van der Waals surface area contributed by atoms with Gasteiger partial charge in [0.1, 0.15) is 0 Å². The normalized spacial score (nSPS) is 12.0. The van der Waals surface area contributed by atoms with Gasteiger partial charge in [-0.15, -0.1) is 0 Å². The maximum atomic E-state index is 11.4. The molecule has 0 radical (unpaired) electrons. The third-order valence-corrected chi connectivity index (χ3v) is 0.308. The minimum atomic E-state index is -3.05. The molecule has 0 bridgehead atoms. The van der Waals surface area contributed by atoms with Crippen molar-refractivity contribution in [1.29, 1.82) is 0 Å². The van der Waals surface area contributed by atoms with Crippen molar-refractivity contribution in [2.45, 2.75) is 12.8 Å². The number of hydrogen-bond donors (Lipinski definition) is 0. The van der Waals surface area contributed by atoms with E-state index in [-0.39, 0.29) is 0 Å². The van der Waals surface area contributed by atoms with Gasteiger partial charge in [-0.3, -0.25) is 0 Å². The minimum Gasteiger partial charge on any atom is -0.204 e. The molecule has 0 spiro atoms. The molecular weight excluding hydrogens is 109 g/mol. The van der Waals surface area contributed by atoms with Gasteiger partial charge >= 0.3 is 0 Å². The lowest BCUT2D eigenvalue weighted by Gasteiger charge is -2.02. The van der Waals surface area contributed by atoms with Crippen molar-refractivity contribution in [2.24, 2.45) is 0 Å². The first-order chi connectivity index (χ1) is 3.06. The van der Waals surface area contributed by atoms with Gasteiger partial charge in [0.15, 0.2) is 6.61 Å². The second-order valence-corrected chi connectivity index (χ2v) is 1.32. The van der Waals surface area contributed by atoms with E-state index in [1.54, 1.807) is 0 Å². The highest BCUT2D eigenvalue weighted by Gasteiger charge is 2.21. The Bertz CT molecular complexity index is 48.6. The SMILES string of the molecule is CC(F)(F)COF. The number of halogens is 3. The molecule has 44 valence electrons. The standard InChI is InChI=1S/C3H5F3O/c1-3(4,5)2-7-6/h2H2,1H3. The van der Waals surface area contributed by atoms with Gasteiger partial charge in [0.2, 0.25) is 0 Å². The molecule has 0 saturated carbocycles. The maximum absolute atomic E-state index is 11.4. The summed E-state index contributed by atoms with van der Waals surface area (Å²) in [6, 6.07) is 0. The smallest absolute Gasteiger partial charge is 0.204 e. The van der Waals surface area contributed by atoms with Gasteiger partial charge in [-0.05, 0) is 4.53 Å². The molecule has 0 heterocycles. The van der Waals surface area contributed by atoms with Crippen LogP contribution in [0.3, 0.4) is 0 Å². The van der Waals surface area contributed by atoms with Gasteiger partial charge < -0.3 is 0 Å². The number of alkyl halides is 2. The summed E-state index contributed by atoms with van der Waals surface area (Å²) in [5.74, 6) is -3.05. The number of hydrogen-bond acceptors (Lipinski definition) is 1. The first-order valence-corrected chi connectivity index (χ1v) is 1.67. The lowest BCUT2D eigenvalue weighted by Crippen LogP contribution is -2.15. The van der Waals surface area contributed by atoms with E-state index in [0.717, 1.165) is 0 Å². The van der Waals surface area contributed by atoms with Crippen LogP contribution in [0.5, 0.6) is 0 Å². The van der Waals surface area contributed by atoms with E-state index in [2.05, 4.69) is 4.94 Å². The van der Waals surface area contributed by atoms with E-state index in [1.165, 1.54) is 0 Å². The van der Waals surface area contributed by atoms with E-state index in [9.17, 15) is 13.3 Å². The summed E-state index contributed by atoms with van der Waals surface area (Å²) in [6.07, 6.45) is 0. The first-order valence-electron chi connectivity index (χ1n) is 1.67. The summed E-state index contributed by atoms with van der Waals surface area (Å²) in [5, 5.41) is 0. The fourth-order valence-electron chi connectivity index (χ4n) is 0.0958. The van der Waals surface area contributed by atoms with Gasteiger partial charge in [-0.2, -0.15) is 4.94 Å². The van der Waals surface area contributed by atoms with E-state index in [0.29, 0.717) is 6.92 Å². The molecule has 0 aromatic rings. The predicted octanol–water partition coefficient (Wildman–Crippen LogP) is 1.54. The molecule has 0 unspecified atom stereocenters. The van der Waals surface area contributed by atoms with Gasteiger partial charge in [-0.1, -0.05) is 0 Å². The third kappa shape index (κ3) is 5.75. The molecule has 7 heavy (non-hydrogen) atoms. The highest BCUT2D eigenvalue weighted by Crippen LogP contribution is 2.10. The van der Waals surface area contributed by atoms with Crippen molar-refractivity contribution >= 4 is 0 Å². The molecule has 0 amide bonds. The monoisotopic (exact) mass is 114 g/mol. The van der Waals surface area contributed by atoms with Crippen LogP contribution in [-0.4, -0.2) is 12.5 Å². The van der Waals surface area contributed by atoms with Crippen LogP contribution in [0, 0.1) is 0 Å². The molecule has 0 aromatic heterocycles. The molecule has 0 aliphatic rings. The molecule has 0 rings (SSSR count). The Morgan fingerprint density at radius 1 is 1.57 bits per heavy atom. The van der Waals surface area contributed by atoms with Crippen LogP contribution in [-0.2, 0) is 4.94 Å². The second kappa shape index (κ2) is 2.16. The highest BCUT2D eigenvalue weighted by molar-refractivity contribution is 4.51. The Labute approximate surface area is 39.0 Å². The van der Waals surface area contributed by atoms with Crippen molar-refractivity contribution in [3.63, 3.8) is 0 Å². The van der Waals surface area contributed by atoms with Gasteiger partial charge in [-0.25, -0.2) is 8.78 Å². The van der Waals surface area contributed by atoms with Crippen molar-refractivity contribution in [1.82, 2.24) is 0 Å². The summed E-state index contributed by atoms with van der Waals surface area (Å²) in [6.45, 7) is -0.584. The Balaban J connectivity index is 3.15. The van der Waals surface area contributed by atoms with Crippen LogP contribution < -0.4 is 0 Å². The quantitative estimate of drug-likeness (QED) is 0.529. The topological polar surface area (TPSA) is 9.23 Å². The maximum Gasteiger partial charge on any atom is 0.271 e. The van der Waals surface area contributed by atoms with E-state index >= 15 is 0 Å². The summed E-state index contributed by atoms with van der Waals surface area (Å²) in [5.41, 5.74) is 0. The molecule has 0 fully saturated rings. The Hall–Kier alpha value is -0.250. The molecule has 0 aromatic carbocycles. The minimum absolute atomic E-state index is 0.576. The van der Waals surface area contributed by atoms with Crippen LogP contribution in [0.25, 0.3) is 0 Å². The average Bonchev–Trinajstić information content (AvgIpc) is 1.30. The predicted molar refractivity (Wildman–Crippen MR) is 17.7 cm³/mol. The van der Waals surface area contributed by atoms with Crippen LogP contribution >= 0.6 is 0 Å². The summed E-state index contributed by atoms with van der Waals surface area (Å²) in [4.78, 5) is 2.66. The lowest BCUT2D eigenvalue weighted by molar-refractivity contribution is -0.192.